The predicted molar refractivity (Wildman–Crippen MR) is 104 cm³/mol. The molecule has 1 unspecified atom stereocenters. The van der Waals surface area contributed by atoms with E-state index in [1.54, 1.807) is 6.07 Å². The van der Waals surface area contributed by atoms with Crippen molar-refractivity contribution in [2.45, 2.75) is 10.9 Å². The number of fused-ring (bicyclic) bond motifs is 1. The molecule has 2 aromatic rings. The van der Waals surface area contributed by atoms with Crippen molar-refractivity contribution in [3.05, 3.63) is 58.6 Å². The van der Waals surface area contributed by atoms with Crippen molar-refractivity contribution in [2.75, 3.05) is 30.7 Å². The van der Waals surface area contributed by atoms with Gasteiger partial charge in [-0.2, -0.15) is 0 Å². The average Bonchev–Trinajstić information content (AvgIpc) is 2.67. The summed E-state index contributed by atoms with van der Waals surface area (Å²) < 4.78 is 0. The molecule has 4 rings (SSSR count). The third kappa shape index (κ3) is 3.45. The number of carbonyl (C=O) groups excluding carboxylic acids is 2. The minimum absolute atomic E-state index is 0.00299. The molecule has 134 valence electrons. The molecule has 0 radical (unpaired) electrons. The number of thioether (sulfide) groups is 1. The fourth-order valence-electron chi connectivity index (χ4n) is 3.33. The maximum Gasteiger partial charge on any atom is 0.254 e. The van der Waals surface area contributed by atoms with Crippen molar-refractivity contribution in [1.82, 2.24) is 10.2 Å². The van der Waals surface area contributed by atoms with E-state index in [4.69, 9.17) is 11.6 Å². The number of benzene rings is 2. The van der Waals surface area contributed by atoms with Gasteiger partial charge in [-0.1, -0.05) is 23.7 Å². The number of nitrogens with zero attached hydrogens (tertiary/aromatic N) is 1. The smallest absolute Gasteiger partial charge is 0.254 e. The van der Waals surface area contributed by atoms with E-state index in [1.165, 1.54) is 11.8 Å². The van der Waals surface area contributed by atoms with E-state index in [9.17, 15) is 9.59 Å². The zero-order valence-electron chi connectivity index (χ0n) is 14.0. The largest absolute Gasteiger partial charge is 0.329 e. The molecule has 0 saturated carbocycles. The van der Waals surface area contributed by atoms with Crippen molar-refractivity contribution in [1.29, 1.82) is 0 Å². The van der Waals surface area contributed by atoms with Crippen molar-refractivity contribution < 1.29 is 9.59 Å². The van der Waals surface area contributed by atoms with Gasteiger partial charge in [0.2, 0.25) is 5.91 Å². The van der Waals surface area contributed by atoms with Crippen molar-refractivity contribution in [3.8, 4) is 0 Å². The number of carbonyl (C=O) groups is 2. The highest BCUT2D eigenvalue weighted by molar-refractivity contribution is 8.00. The molecule has 0 bridgehead atoms. The number of rotatable bonds is 2. The summed E-state index contributed by atoms with van der Waals surface area (Å²) in [7, 11) is 0. The van der Waals surface area contributed by atoms with Gasteiger partial charge in [0.05, 0.1) is 17.5 Å². The second-order valence-electron chi connectivity index (χ2n) is 6.32. The molecule has 2 aromatic carbocycles. The maximum atomic E-state index is 13.2. The summed E-state index contributed by atoms with van der Waals surface area (Å²) in [6.07, 6.45) is 0. The summed E-state index contributed by atoms with van der Waals surface area (Å²) in [5, 5.41) is 6.86. The Hall–Kier alpha value is -2.02. The van der Waals surface area contributed by atoms with E-state index < -0.39 is 0 Å². The lowest BCUT2D eigenvalue weighted by Gasteiger charge is -2.37. The lowest BCUT2D eigenvalue weighted by atomic mass is 10.0. The van der Waals surface area contributed by atoms with Crippen LogP contribution in [0.4, 0.5) is 5.69 Å². The predicted octanol–water partition coefficient (Wildman–Crippen LogP) is 3.17. The molecule has 1 fully saturated rings. The van der Waals surface area contributed by atoms with Crippen molar-refractivity contribution in [2.24, 2.45) is 0 Å². The number of hydrogen-bond acceptors (Lipinski definition) is 4. The first-order valence-electron chi connectivity index (χ1n) is 8.46. The molecule has 2 aliphatic rings. The van der Waals surface area contributed by atoms with E-state index >= 15 is 0 Å². The SMILES string of the molecule is O=C1CSc2cc(C(=O)N3CCNCC3c3cccc(Cl)c3)ccc2N1. The highest BCUT2D eigenvalue weighted by Gasteiger charge is 2.29. The molecular weight excluding hydrogens is 370 g/mol. The molecule has 2 heterocycles. The summed E-state index contributed by atoms with van der Waals surface area (Å²) in [4.78, 5) is 27.5. The van der Waals surface area contributed by atoms with Crippen LogP contribution in [-0.4, -0.2) is 42.1 Å². The van der Waals surface area contributed by atoms with Gasteiger partial charge in [-0.15, -0.1) is 11.8 Å². The quantitative estimate of drug-likeness (QED) is 0.830. The molecule has 2 N–H and O–H groups in total. The van der Waals surface area contributed by atoms with Crippen LogP contribution in [0.3, 0.4) is 0 Å². The van der Waals surface area contributed by atoms with Gasteiger partial charge in [-0.25, -0.2) is 0 Å². The zero-order valence-corrected chi connectivity index (χ0v) is 15.6. The molecule has 0 aromatic heterocycles. The topological polar surface area (TPSA) is 61.4 Å². The average molecular weight is 388 g/mol. The second kappa shape index (κ2) is 7.31. The van der Waals surface area contributed by atoms with E-state index in [0.717, 1.165) is 22.7 Å². The van der Waals surface area contributed by atoms with Gasteiger partial charge in [0.25, 0.3) is 5.91 Å². The Morgan fingerprint density at radius 1 is 1.23 bits per heavy atom. The minimum Gasteiger partial charge on any atom is -0.329 e. The van der Waals surface area contributed by atoms with Gasteiger partial charge in [-0.05, 0) is 35.9 Å². The minimum atomic E-state index is -0.0571. The summed E-state index contributed by atoms with van der Waals surface area (Å²) in [6, 6.07) is 13.1. The van der Waals surface area contributed by atoms with Crippen LogP contribution in [0.5, 0.6) is 0 Å². The number of amides is 2. The molecule has 5 nitrogen and oxygen atoms in total. The lowest BCUT2D eigenvalue weighted by molar-refractivity contribution is -0.113. The van der Waals surface area contributed by atoms with Gasteiger partial charge in [-0.3, -0.25) is 9.59 Å². The first-order valence-corrected chi connectivity index (χ1v) is 9.82. The first-order chi connectivity index (χ1) is 12.6. The molecule has 26 heavy (non-hydrogen) atoms. The Bertz CT molecular complexity index is 874. The molecule has 7 heteroatoms. The summed E-state index contributed by atoms with van der Waals surface area (Å²) in [6.45, 7) is 2.09. The van der Waals surface area contributed by atoms with Crippen LogP contribution in [0.15, 0.2) is 47.4 Å². The lowest BCUT2D eigenvalue weighted by Crippen LogP contribution is -2.48. The molecular formula is C19H18ClN3O2S. The highest BCUT2D eigenvalue weighted by atomic mass is 35.5. The van der Waals surface area contributed by atoms with Gasteiger partial charge < -0.3 is 15.5 Å². The summed E-state index contributed by atoms with van der Waals surface area (Å²) in [5.74, 6) is 0.366. The number of hydrogen-bond donors (Lipinski definition) is 2. The monoisotopic (exact) mass is 387 g/mol. The van der Waals surface area contributed by atoms with Crippen molar-refractivity contribution in [3.63, 3.8) is 0 Å². The van der Waals surface area contributed by atoms with Crippen LogP contribution in [0.25, 0.3) is 0 Å². The Balaban J connectivity index is 1.62. The Morgan fingerprint density at radius 3 is 2.96 bits per heavy atom. The molecule has 1 saturated heterocycles. The fraction of sp³-hybridized carbons (Fsp3) is 0.263. The van der Waals surface area contributed by atoms with Crippen LogP contribution in [-0.2, 0) is 4.79 Å². The molecule has 2 aliphatic heterocycles. The molecule has 0 aliphatic carbocycles. The molecule has 1 atom stereocenters. The summed E-state index contributed by atoms with van der Waals surface area (Å²) >= 11 is 7.60. The normalized spacial score (nSPS) is 19.7. The van der Waals surface area contributed by atoms with Crippen LogP contribution in [0.1, 0.15) is 22.0 Å². The standard InChI is InChI=1S/C19H18ClN3O2S/c20-14-3-1-2-12(8-14)16-10-21-6-7-23(16)19(25)13-4-5-15-17(9-13)26-11-18(24)22-15/h1-5,8-9,16,21H,6-7,10-11H2,(H,22,24). The van der Waals surface area contributed by atoms with E-state index in [-0.39, 0.29) is 17.9 Å². The van der Waals surface area contributed by atoms with Gasteiger partial charge >= 0.3 is 0 Å². The molecule has 2 amide bonds. The number of halogens is 1. The van der Waals surface area contributed by atoms with Crippen LogP contribution >= 0.6 is 23.4 Å². The number of nitrogens with one attached hydrogen (secondary N) is 2. The number of piperazine rings is 1. The number of anilines is 1. The first kappa shape index (κ1) is 17.4. The van der Waals surface area contributed by atoms with Crippen molar-refractivity contribution >= 4 is 40.9 Å². The fourth-order valence-corrected chi connectivity index (χ4v) is 4.37. The van der Waals surface area contributed by atoms with Gasteiger partial charge in [0, 0.05) is 35.1 Å². The van der Waals surface area contributed by atoms with Crippen LogP contribution in [0, 0.1) is 0 Å². The van der Waals surface area contributed by atoms with Gasteiger partial charge in [0.15, 0.2) is 0 Å². The zero-order chi connectivity index (χ0) is 18.1. The van der Waals surface area contributed by atoms with E-state index in [2.05, 4.69) is 10.6 Å². The Kier molecular flexibility index (Phi) is 4.89. The van der Waals surface area contributed by atoms with Crippen LogP contribution < -0.4 is 10.6 Å². The Labute approximate surface area is 161 Å². The maximum absolute atomic E-state index is 13.2. The van der Waals surface area contributed by atoms with E-state index in [1.807, 2.05) is 41.3 Å². The van der Waals surface area contributed by atoms with Crippen LogP contribution in [0.2, 0.25) is 5.02 Å². The van der Waals surface area contributed by atoms with E-state index in [0.29, 0.717) is 29.4 Å². The van der Waals surface area contributed by atoms with Gasteiger partial charge in [0.1, 0.15) is 0 Å². The summed E-state index contributed by atoms with van der Waals surface area (Å²) in [5.41, 5.74) is 2.44. The highest BCUT2D eigenvalue weighted by Crippen LogP contribution is 2.33. The third-order valence-electron chi connectivity index (χ3n) is 4.60. The second-order valence-corrected chi connectivity index (χ2v) is 7.77. The Morgan fingerprint density at radius 2 is 2.12 bits per heavy atom. The third-order valence-corrected chi connectivity index (χ3v) is 5.89. The molecule has 0 spiro atoms.